The van der Waals surface area contributed by atoms with Gasteiger partial charge < -0.3 is 20.8 Å². The second-order valence-electron chi connectivity index (χ2n) is 4.23. The lowest BCUT2D eigenvalue weighted by Gasteiger charge is -2.00. The molecule has 120 valence electrons. The molecular formula is C10H12N4O8. The van der Waals surface area contributed by atoms with Crippen molar-refractivity contribution >= 4 is 35.8 Å². The third-order valence-electron chi connectivity index (χ3n) is 2.47. The Labute approximate surface area is 122 Å². The van der Waals surface area contributed by atoms with Gasteiger partial charge in [0.1, 0.15) is 12.1 Å². The Morgan fingerprint density at radius 2 is 1.09 bits per heavy atom. The molecule has 0 aromatic rings. The monoisotopic (exact) mass is 316 g/mol. The van der Waals surface area contributed by atoms with Gasteiger partial charge in [-0.25, -0.2) is 9.59 Å². The number of urea groups is 2. The largest absolute Gasteiger partial charge is 0.481 e. The molecule has 0 spiro atoms. The van der Waals surface area contributed by atoms with Crippen molar-refractivity contribution in [3.05, 3.63) is 0 Å². The number of rotatable bonds is 4. The average Bonchev–Trinajstić information content (AvgIpc) is 2.81. The van der Waals surface area contributed by atoms with Crippen LogP contribution in [0, 0.1) is 0 Å². The molecule has 2 atom stereocenters. The van der Waals surface area contributed by atoms with E-state index in [0.29, 0.717) is 0 Å². The SMILES string of the molecule is O=C(O)CC1NC(=O)NC1=O.O=C(O)CC1NC(=O)NC1=O. The molecule has 2 aliphatic heterocycles. The van der Waals surface area contributed by atoms with Crippen LogP contribution in [0.1, 0.15) is 12.8 Å². The first-order chi connectivity index (χ1) is 10.2. The quantitative estimate of drug-likeness (QED) is 0.302. The van der Waals surface area contributed by atoms with E-state index in [-0.39, 0.29) is 12.8 Å². The molecule has 2 fully saturated rings. The number of nitrogens with one attached hydrogen (secondary N) is 4. The lowest BCUT2D eigenvalue weighted by molar-refractivity contribution is -0.139. The number of hydrogen-bond acceptors (Lipinski definition) is 6. The number of carbonyl (C=O) groups excluding carboxylic acids is 4. The molecule has 0 saturated carbocycles. The fourth-order valence-electron chi connectivity index (χ4n) is 1.55. The lowest BCUT2D eigenvalue weighted by atomic mass is 10.2. The summed E-state index contributed by atoms with van der Waals surface area (Å²) in [7, 11) is 0. The Balaban J connectivity index is 0.000000220. The molecule has 22 heavy (non-hydrogen) atoms. The molecule has 2 saturated heterocycles. The van der Waals surface area contributed by atoms with Crippen LogP contribution in [0.15, 0.2) is 0 Å². The van der Waals surface area contributed by atoms with Crippen molar-refractivity contribution in [2.75, 3.05) is 0 Å². The van der Waals surface area contributed by atoms with E-state index in [2.05, 4.69) is 10.6 Å². The summed E-state index contributed by atoms with van der Waals surface area (Å²) in [5.74, 6) is -3.41. The van der Waals surface area contributed by atoms with Gasteiger partial charge in [0.25, 0.3) is 11.8 Å². The third kappa shape index (κ3) is 5.07. The van der Waals surface area contributed by atoms with E-state index in [1.54, 1.807) is 0 Å². The molecule has 2 heterocycles. The van der Waals surface area contributed by atoms with Crippen LogP contribution >= 0.6 is 0 Å². The molecule has 2 unspecified atom stereocenters. The highest BCUT2D eigenvalue weighted by Gasteiger charge is 2.31. The van der Waals surface area contributed by atoms with Crippen LogP contribution in [0.5, 0.6) is 0 Å². The van der Waals surface area contributed by atoms with Gasteiger partial charge in [0.15, 0.2) is 0 Å². The number of carboxylic acids is 2. The molecule has 12 nitrogen and oxygen atoms in total. The van der Waals surface area contributed by atoms with Crippen LogP contribution in [-0.4, -0.2) is 58.1 Å². The minimum absolute atomic E-state index is 0.377. The second-order valence-corrected chi connectivity index (χ2v) is 4.23. The molecule has 0 aromatic carbocycles. The molecule has 0 radical (unpaired) electrons. The van der Waals surface area contributed by atoms with Crippen molar-refractivity contribution < 1.29 is 39.0 Å². The summed E-state index contributed by atoms with van der Waals surface area (Å²) in [6, 6.07) is -3.11. The predicted molar refractivity (Wildman–Crippen MR) is 65.4 cm³/mol. The first kappa shape index (κ1) is 16.9. The van der Waals surface area contributed by atoms with E-state index in [1.807, 2.05) is 10.6 Å². The van der Waals surface area contributed by atoms with Crippen molar-refractivity contribution in [1.82, 2.24) is 21.3 Å². The molecule has 12 heteroatoms. The summed E-state index contributed by atoms with van der Waals surface area (Å²) in [4.78, 5) is 62.3. The van der Waals surface area contributed by atoms with Gasteiger partial charge in [-0.1, -0.05) is 0 Å². The van der Waals surface area contributed by atoms with Crippen LogP contribution in [0.2, 0.25) is 0 Å². The fourth-order valence-corrected chi connectivity index (χ4v) is 1.55. The Bertz CT molecular complexity index is 497. The predicted octanol–water partition coefficient (Wildman–Crippen LogP) is -2.66. The number of imide groups is 2. The molecule has 2 aliphatic rings. The summed E-state index contributed by atoms with van der Waals surface area (Å²) in [6.07, 6.45) is -0.755. The van der Waals surface area contributed by atoms with Crippen LogP contribution in [0.4, 0.5) is 9.59 Å². The molecule has 0 aliphatic carbocycles. The van der Waals surface area contributed by atoms with Gasteiger partial charge in [0.05, 0.1) is 12.8 Å². The van der Waals surface area contributed by atoms with Crippen molar-refractivity contribution in [1.29, 1.82) is 0 Å². The zero-order valence-corrected chi connectivity index (χ0v) is 10.9. The Morgan fingerprint density at radius 3 is 1.27 bits per heavy atom. The summed E-state index contributed by atoms with van der Waals surface area (Å²) < 4.78 is 0. The number of carboxylic acid groups (broad SMARTS) is 2. The number of aliphatic carboxylic acids is 2. The van der Waals surface area contributed by atoms with Crippen molar-refractivity contribution in [2.45, 2.75) is 24.9 Å². The molecule has 6 amide bonds. The fraction of sp³-hybridized carbons (Fsp3) is 0.400. The first-order valence-corrected chi connectivity index (χ1v) is 5.85. The van der Waals surface area contributed by atoms with Gasteiger partial charge in [0, 0.05) is 0 Å². The first-order valence-electron chi connectivity index (χ1n) is 5.85. The van der Waals surface area contributed by atoms with Gasteiger partial charge in [-0.15, -0.1) is 0 Å². The van der Waals surface area contributed by atoms with Crippen LogP contribution in [-0.2, 0) is 19.2 Å². The summed E-state index contributed by atoms with van der Waals surface area (Å²) in [6.45, 7) is 0. The van der Waals surface area contributed by atoms with E-state index in [1.165, 1.54) is 0 Å². The van der Waals surface area contributed by atoms with Crippen molar-refractivity contribution in [3.63, 3.8) is 0 Å². The van der Waals surface area contributed by atoms with E-state index < -0.39 is 47.9 Å². The van der Waals surface area contributed by atoms with Crippen LogP contribution in [0.3, 0.4) is 0 Å². The molecular weight excluding hydrogens is 304 g/mol. The number of hydrogen-bond donors (Lipinski definition) is 6. The van der Waals surface area contributed by atoms with Gasteiger partial charge in [0.2, 0.25) is 0 Å². The Hall–Kier alpha value is -3.18. The highest BCUT2D eigenvalue weighted by atomic mass is 16.4. The third-order valence-corrected chi connectivity index (χ3v) is 2.47. The summed E-state index contributed by atoms with van der Waals surface area (Å²) >= 11 is 0. The average molecular weight is 316 g/mol. The summed E-state index contributed by atoms with van der Waals surface area (Å²) in [5.41, 5.74) is 0. The number of carbonyl (C=O) groups is 6. The summed E-state index contributed by atoms with van der Waals surface area (Å²) in [5, 5.41) is 24.6. The van der Waals surface area contributed by atoms with Crippen molar-refractivity contribution in [2.24, 2.45) is 0 Å². The van der Waals surface area contributed by atoms with E-state index >= 15 is 0 Å². The maximum absolute atomic E-state index is 10.7. The zero-order chi connectivity index (χ0) is 16.9. The molecule has 2 rings (SSSR count). The minimum atomic E-state index is -1.12. The van der Waals surface area contributed by atoms with Gasteiger partial charge >= 0.3 is 24.0 Å². The Kier molecular flexibility index (Phi) is 5.38. The smallest absolute Gasteiger partial charge is 0.322 e. The minimum Gasteiger partial charge on any atom is -0.481 e. The van der Waals surface area contributed by atoms with Crippen LogP contribution in [0.25, 0.3) is 0 Å². The second kappa shape index (κ2) is 7.01. The highest BCUT2D eigenvalue weighted by molar-refractivity contribution is 6.05. The Morgan fingerprint density at radius 1 is 0.773 bits per heavy atom. The van der Waals surface area contributed by atoms with Crippen molar-refractivity contribution in [3.8, 4) is 0 Å². The normalized spacial score (nSPS) is 22.7. The van der Waals surface area contributed by atoms with Gasteiger partial charge in [-0.3, -0.25) is 29.8 Å². The topological polar surface area (TPSA) is 191 Å². The molecule has 0 aromatic heterocycles. The molecule has 0 bridgehead atoms. The van der Waals surface area contributed by atoms with Gasteiger partial charge in [-0.2, -0.15) is 0 Å². The maximum atomic E-state index is 10.7. The van der Waals surface area contributed by atoms with E-state index in [0.717, 1.165) is 0 Å². The van der Waals surface area contributed by atoms with E-state index in [4.69, 9.17) is 10.2 Å². The van der Waals surface area contributed by atoms with Crippen LogP contribution < -0.4 is 21.3 Å². The lowest BCUT2D eigenvalue weighted by Crippen LogP contribution is -2.31. The standard InChI is InChI=1S/2C5H6N2O4/c2*8-3(9)1-2-4(10)7-5(11)6-2/h2*2H,1H2,(H,8,9)(H2,6,7,10,11). The van der Waals surface area contributed by atoms with E-state index in [9.17, 15) is 28.8 Å². The van der Waals surface area contributed by atoms with Gasteiger partial charge in [-0.05, 0) is 0 Å². The maximum Gasteiger partial charge on any atom is 0.322 e. The number of amides is 6. The highest BCUT2D eigenvalue weighted by Crippen LogP contribution is 1.98. The molecule has 6 N–H and O–H groups in total. The zero-order valence-electron chi connectivity index (χ0n) is 10.9.